The smallest absolute Gasteiger partial charge is 0.779 e. The first-order valence-corrected chi connectivity index (χ1v) is 7.31. The molecular weight excluding hydrogens is 222 g/mol. The van der Waals surface area contributed by atoms with Gasteiger partial charge in [0.2, 0.25) is 0 Å². The van der Waals surface area contributed by atoms with Gasteiger partial charge in [0.05, 0.1) is 6.61 Å². The molecule has 0 aliphatic heterocycles. The van der Waals surface area contributed by atoms with E-state index in [1.807, 2.05) is 0 Å². The van der Waals surface area contributed by atoms with Crippen LogP contribution in [0.1, 0.15) is 13.3 Å². The molecule has 0 heterocycles. The maximum atomic E-state index is 10.5. The van der Waals surface area contributed by atoms with Crippen LogP contribution < -0.4 is 34.5 Å². The molecule has 0 aromatic rings. The van der Waals surface area contributed by atoms with Crippen molar-refractivity contribution in [2.75, 3.05) is 13.3 Å². The van der Waals surface area contributed by atoms with Crippen LogP contribution in [0.2, 0.25) is 5.54 Å². The van der Waals surface area contributed by atoms with Crippen LogP contribution >= 0.6 is 7.60 Å². The van der Waals surface area contributed by atoms with Gasteiger partial charge in [-0.05, 0) is 12.0 Å². The van der Waals surface area contributed by atoms with Crippen molar-refractivity contribution in [3.63, 3.8) is 0 Å². The van der Waals surface area contributed by atoms with E-state index < -0.39 is 16.9 Å². The second-order valence-corrected chi connectivity index (χ2v) is 6.55. The minimum atomic E-state index is -3.65. The fourth-order valence-electron chi connectivity index (χ4n) is 0.553. The molecule has 0 amide bonds. The van der Waals surface area contributed by atoms with Crippen LogP contribution in [0.3, 0.4) is 0 Å². The van der Waals surface area contributed by atoms with Crippen LogP contribution in [-0.2, 0) is 9.09 Å². The molecule has 0 spiro atoms. The van der Waals surface area contributed by atoms with Gasteiger partial charge >= 0.3 is 38.8 Å². The Morgan fingerprint density at radius 2 is 2.08 bits per heavy atom. The summed E-state index contributed by atoms with van der Waals surface area (Å²) in [5.41, 5.74) is -0.239. The molecule has 0 rings (SSSR count). The summed E-state index contributed by atoms with van der Waals surface area (Å²) in [6.45, 7) is 2.68. The fourth-order valence-corrected chi connectivity index (χ4v) is 1.42. The Hall–Kier alpha value is 1.29. The maximum absolute atomic E-state index is 10.5. The molecule has 0 saturated carbocycles. The maximum Gasteiger partial charge on any atom is 1.00 e. The Balaban J connectivity index is 0. The third-order valence-electron chi connectivity index (χ3n) is 1.41. The van der Waals surface area contributed by atoms with Crippen molar-refractivity contribution in [2.24, 2.45) is 0 Å². The predicted molar refractivity (Wildman–Crippen MR) is 45.1 cm³/mol. The molecular formula is C5H14NaO5PSi. The van der Waals surface area contributed by atoms with E-state index in [9.17, 15) is 9.46 Å². The summed E-state index contributed by atoms with van der Waals surface area (Å²) < 4.78 is 14.9. The molecule has 0 saturated heterocycles. The first kappa shape index (κ1) is 16.7. The third kappa shape index (κ3) is 11.2. The van der Waals surface area contributed by atoms with Crippen molar-refractivity contribution in [3.05, 3.63) is 0 Å². The van der Waals surface area contributed by atoms with Gasteiger partial charge in [-0.3, -0.25) is 0 Å². The summed E-state index contributed by atoms with van der Waals surface area (Å²) in [5.74, 6) is 0. The summed E-state index contributed by atoms with van der Waals surface area (Å²) in [7, 11) is -6.27. The van der Waals surface area contributed by atoms with Crippen molar-refractivity contribution in [2.45, 2.75) is 18.9 Å². The molecule has 2 atom stereocenters. The molecule has 2 N–H and O–H groups in total. The molecule has 0 aromatic carbocycles. The van der Waals surface area contributed by atoms with E-state index in [1.54, 1.807) is 6.92 Å². The molecule has 74 valence electrons. The summed E-state index contributed by atoms with van der Waals surface area (Å²) in [5, 5.41) is 0. The second kappa shape index (κ2) is 7.56. The van der Waals surface area contributed by atoms with Crippen molar-refractivity contribution in [1.29, 1.82) is 0 Å². The van der Waals surface area contributed by atoms with Gasteiger partial charge in [0.25, 0.3) is 0 Å². The van der Waals surface area contributed by atoms with Crippen LogP contribution in [0.5, 0.6) is 0 Å². The van der Waals surface area contributed by atoms with E-state index in [1.165, 1.54) is 0 Å². The standard InChI is InChI=1S/C5H15O5PSi.Na/c1-5(12(8)9)3-4-10-11(2,6)7;/h5,8-9,12H,3-4H2,1-2H3,(H,6,7);/q;+1/p-1. The van der Waals surface area contributed by atoms with Crippen molar-refractivity contribution < 1.29 is 53.1 Å². The topological polar surface area (TPSA) is 89.8 Å². The molecule has 5 nitrogen and oxygen atoms in total. The van der Waals surface area contributed by atoms with E-state index in [-0.39, 0.29) is 41.7 Å². The molecule has 0 radical (unpaired) electrons. The zero-order valence-corrected chi connectivity index (χ0v) is 12.2. The average Bonchev–Trinajstić information content (AvgIpc) is 1.84. The van der Waals surface area contributed by atoms with E-state index in [2.05, 4.69) is 4.52 Å². The Kier molecular flexibility index (Phi) is 9.72. The van der Waals surface area contributed by atoms with Gasteiger partial charge in [-0.25, -0.2) is 0 Å². The molecule has 2 unspecified atom stereocenters. The molecule has 13 heavy (non-hydrogen) atoms. The zero-order chi connectivity index (χ0) is 9.78. The van der Waals surface area contributed by atoms with Crippen molar-refractivity contribution >= 4 is 16.9 Å². The molecule has 0 aliphatic carbocycles. The van der Waals surface area contributed by atoms with Crippen LogP contribution in [0.4, 0.5) is 0 Å². The Bertz CT molecular complexity index is 172. The van der Waals surface area contributed by atoms with E-state index in [0.29, 0.717) is 6.42 Å². The van der Waals surface area contributed by atoms with Crippen LogP contribution in [0.15, 0.2) is 0 Å². The molecule has 0 aromatic heterocycles. The largest absolute Gasteiger partial charge is 1.00 e. The molecule has 8 heteroatoms. The molecule has 0 bridgehead atoms. The minimum Gasteiger partial charge on any atom is -0.779 e. The van der Waals surface area contributed by atoms with Gasteiger partial charge in [0.1, 0.15) is 7.60 Å². The number of rotatable bonds is 5. The molecule has 0 aliphatic rings. The van der Waals surface area contributed by atoms with E-state index in [4.69, 9.17) is 9.59 Å². The summed E-state index contributed by atoms with van der Waals surface area (Å²) in [6.07, 6.45) is 0.365. The van der Waals surface area contributed by atoms with Crippen molar-refractivity contribution in [1.82, 2.24) is 0 Å². The van der Waals surface area contributed by atoms with Crippen LogP contribution in [-0.4, -0.2) is 32.1 Å². The fraction of sp³-hybridized carbons (Fsp3) is 1.00. The SMILES string of the molecule is CC(CCOP(C)(=O)[O-])[SiH](O)O.[Na+]. The Morgan fingerprint density at radius 1 is 1.62 bits per heavy atom. The first-order chi connectivity index (χ1) is 5.33. The summed E-state index contributed by atoms with van der Waals surface area (Å²) in [6, 6.07) is 0. The van der Waals surface area contributed by atoms with Crippen molar-refractivity contribution in [3.8, 4) is 0 Å². The number of hydrogen-bond acceptors (Lipinski definition) is 5. The second-order valence-electron chi connectivity index (χ2n) is 2.78. The summed E-state index contributed by atoms with van der Waals surface area (Å²) in [4.78, 5) is 28.0. The van der Waals surface area contributed by atoms with Crippen LogP contribution in [0.25, 0.3) is 0 Å². The zero-order valence-electron chi connectivity index (χ0n) is 8.14. The Labute approximate surface area is 102 Å². The monoisotopic (exact) mass is 236 g/mol. The Morgan fingerprint density at radius 3 is 2.38 bits per heavy atom. The number of hydrogen-bond donors (Lipinski definition) is 2. The predicted octanol–water partition coefficient (Wildman–Crippen LogP) is -3.82. The van der Waals surface area contributed by atoms with Gasteiger partial charge in [-0.1, -0.05) is 6.92 Å². The first-order valence-electron chi connectivity index (χ1n) is 3.62. The molecule has 0 fully saturated rings. The third-order valence-corrected chi connectivity index (χ3v) is 3.41. The van der Waals surface area contributed by atoms with Gasteiger partial charge in [-0.15, -0.1) is 0 Å². The van der Waals surface area contributed by atoms with E-state index in [0.717, 1.165) is 6.66 Å². The van der Waals surface area contributed by atoms with Gasteiger partial charge in [0, 0.05) is 6.66 Å². The quantitative estimate of drug-likeness (QED) is 0.377. The van der Waals surface area contributed by atoms with Gasteiger partial charge in [0.15, 0.2) is 0 Å². The van der Waals surface area contributed by atoms with Gasteiger partial charge < -0.3 is 23.6 Å². The normalized spacial score (nSPS) is 17.7. The summed E-state index contributed by atoms with van der Waals surface area (Å²) >= 11 is 0. The minimum absolute atomic E-state index is 0. The average molecular weight is 236 g/mol. The van der Waals surface area contributed by atoms with E-state index >= 15 is 0 Å². The van der Waals surface area contributed by atoms with Crippen LogP contribution in [0, 0.1) is 0 Å². The van der Waals surface area contributed by atoms with Gasteiger partial charge in [-0.2, -0.15) is 0 Å².